The lowest BCUT2D eigenvalue weighted by molar-refractivity contribution is -0.155. The summed E-state index contributed by atoms with van der Waals surface area (Å²) < 4.78 is 21.1. The first-order valence-electron chi connectivity index (χ1n) is 16.7. The molecule has 5 aromatic rings. The SMILES string of the molecule is Cn1c(=O)n(-c2ccc(OCc3ccccc3)nc2OCc2ccccc2)c2ccc(N3CCC(CCC(=O)OC(C)(C)C)CC3)cc21. The number of aromatic nitrogens is 3. The van der Waals surface area contributed by atoms with Gasteiger partial charge >= 0.3 is 11.7 Å². The van der Waals surface area contributed by atoms with Gasteiger partial charge in [-0.3, -0.25) is 13.9 Å². The molecule has 0 bridgehead atoms. The lowest BCUT2D eigenvalue weighted by Gasteiger charge is -2.33. The Balaban J connectivity index is 1.22. The summed E-state index contributed by atoms with van der Waals surface area (Å²) in [6.45, 7) is 8.15. The van der Waals surface area contributed by atoms with Gasteiger partial charge in [0.1, 0.15) is 24.5 Å². The van der Waals surface area contributed by atoms with Crippen molar-refractivity contribution in [3.8, 4) is 17.4 Å². The highest BCUT2D eigenvalue weighted by Gasteiger charge is 2.24. The zero-order chi connectivity index (χ0) is 33.7. The molecular formula is C39H44N4O5. The third-order valence-electron chi connectivity index (χ3n) is 8.70. The molecule has 1 saturated heterocycles. The van der Waals surface area contributed by atoms with Crippen molar-refractivity contribution in [1.29, 1.82) is 0 Å². The van der Waals surface area contributed by atoms with Crippen LogP contribution in [0.2, 0.25) is 0 Å². The highest BCUT2D eigenvalue weighted by Crippen LogP contribution is 2.31. The van der Waals surface area contributed by atoms with Crippen molar-refractivity contribution in [1.82, 2.24) is 14.1 Å². The van der Waals surface area contributed by atoms with E-state index in [0.717, 1.165) is 60.2 Å². The van der Waals surface area contributed by atoms with Crippen LogP contribution in [0, 0.1) is 5.92 Å². The van der Waals surface area contributed by atoms with Gasteiger partial charge in [-0.25, -0.2) is 4.79 Å². The molecule has 9 heteroatoms. The maximum Gasteiger partial charge on any atom is 0.333 e. The van der Waals surface area contributed by atoms with Crippen molar-refractivity contribution in [2.24, 2.45) is 13.0 Å². The molecule has 0 spiro atoms. The molecule has 1 aliphatic heterocycles. The second kappa shape index (κ2) is 14.4. The summed E-state index contributed by atoms with van der Waals surface area (Å²) >= 11 is 0. The number of imidazole rings is 1. The van der Waals surface area contributed by atoms with Gasteiger partial charge in [0.15, 0.2) is 0 Å². The number of hydrogen-bond donors (Lipinski definition) is 0. The quantitative estimate of drug-likeness (QED) is 0.140. The molecule has 2 aromatic heterocycles. The third kappa shape index (κ3) is 7.90. The molecule has 250 valence electrons. The van der Waals surface area contributed by atoms with E-state index >= 15 is 0 Å². The second-order valence-corrected chi connectivity index (χ2v) is 13.4. The van der Waals surface area contributed by atoms with Crippen LogP contribution < -0.4 is 20.1 Å². The summed E-state index contributed by atoms with van der Waals surface area (Å²) in [6.07, 6.45) is 3.31. The van der Waals surface area contributed by atoms with Crippen LogP contribution in [0.15, 0.2) is 95.8 Å². The molecule has 0 aliphatic carbocycles. The monoisotopic (exact) mass is 648 g/mol. The van der Waals surface area contributed by atoms with Crippen LogP contribution in [-0.4, -0.2) is 38.8 Å². The van der Waals surface area contributed by atoms with Crippen LogP contribution in [-0.2, 0) is 29.8 Å². The molecule has 1 aliphatic rings. The van der Waals surface area contributed by atoms with E-state index in [-0.39, 0.29) is 11.7 Å². The van der Waals surface area contributed by atoms with Crippen LogP contribution in [0.1, 0.15) is 57.6 Å². The lowest BCUT2D eigenvalue weighted by Crippen LogP contribution is -2.34. The fourth-order valence-electron chi connectivity index (χ4n) is 6.18. The highest BCUT2D eigenvalue weighted by atomic mass is 16.6. The molecule has 0 saturated carbocycles. The van der Waals surface area contributed by atoms with Crippen molar-refractivity contribution < 1.29 is 19.0 Å². The Hall–Kier alpha value is -5.05. The van der Waals surface area contributed by atoms with Crippen LogP contribution in [0.3, 0.4) is 0 Å². The van der Waals surface area contributed by atoms with E-state index in [4.69, 9.17) is 19.2 Å². The number of piperidine rings is 1. The van der Waals surface area contributed by atoms with Gasteiger partial charge in [-0.15, -0.1) is 0 Å². The molecule has 0 radical (unpaired) electrons. The zero-order valence-electron chi connectivity index (χ0n) is 28.2. The van der Waals surface area contributed by atoms with Crippen molar-refractivity contribution >= 4 is 22.7 Å². The van der Waals surface area contributed by atoms with E-state index in [2.05, 4.69) is 17.0 Å². The predicted molar refractivity (Wildman–Crippen MR) is 188 cm³/mol. The molecule has 9 nitrogen and oxygen atoms in total. The number of esters is 1. The van der Waals surface area contributed by atoms with Crippen molar-refractivity contribution in [2.45, 2.75) is 65.3 Å². The van der Waals surface area contributed by atoms with Crippen molar-refractivity contribution in [2.75, 3.05) is 18.0 Å². The average Bonchev–Trinajstić information content (AvgIpc) is 3.34. The minimum Gasteiger partial charge on any atom is -0.473 e. The molecule has 3 aromatic carbocycles. The number of anilines is 1. The van der Waals surface area contributed by atoms with Gasteiger partial charge in [0.25, 0.3) is 0 Å². The smallest absolute Gasteiger partial charge is 0.333 e. The maximum absolute atomic E-state index is 13.8. The van der Waals surface area contributed by atoms with Gasteiger partial charge in [-0.2, -0.15) is 4.98 Å². The fourth-order valence-corrected chi connectivity index (χ4v) is 6.18. The lowest BCUT2D eigenvalue weighted by atomic mass is 9.92. The van der Waals surface area contributed by atoms with E-state index in [1.165, 1.54) is 0 Å². The summed E-state index contributed by atoms with van der Waals surface area (Å²) in [4.78, 5) is 33.1. The minimum absolute atomic E-state index is 0.126. The molecule has 3 heterocycles. The molecule has 48 heavy (non-hydrogen) atoms. The number of hydrogen-bond acceptors (Lipinski definition) is 7. The van der Waals surface area contributed by atoms with Crippen LogP contribution in [0.25, 0.3) is 16.7 Å². The van der Waals surface area contributed by atoms with Gasteiger partial charge in [0.05, 0.1) is 11.0 Å². The first-order valence-corrected chi connectivity index (χ1v) is 16.7. The number of fused-ring (bicyclic) bond motifs is 1. The van der Waals surface area contributed by atoms with E-state index in [0.29, 0.717) is 43.0 Å². The number of rotatable bonds is 11. The van der Waals surface area contributed by atoms with Gasteiger partial charge in [0, 0.05) is 38.3 Å². The Kier molecular flexibility index (Phi) is 9.85. The topological polar surface area (TPSA) is 87.8 Å². The van der Waals surface area contributed by atoms with Gasteiger partial charge in [-0.05, 0) is 81.3 Å². The standard InChI is InChI=1S/C39H44N4O5/c1-39(2,3)48-36(44)20-15-28-21-23-42(24-22-28)31-16-17-32-34(25-31)41(4)38(45)43(32)33-18-19-35(46-26-29-11-7-5-8-12-29)40-37(33)47-27-30-13-9-6-10-14-30/h5-14,16-19,25,28H,15,20-24,26-27H2,1-4H3. The fraction of sp³-hybridized carbons (Fsp3) is 0.359. The Morgan fingerprint density at radius 1 is 0.833 bits per heavy atom. The van der Waals surface area contributed by atoms with Crippen molar-refractivity contribution in [3.63, 3.8) is 0 Å². The van der Waals surface area contributed by atoms with Crippen molar-refractivity contribution in [3.05, 3.63) is 113 Å². The average molecular weight is 649 g/mol. The summed E-state index contributed by atoms with van der Waals surface area (Å²) in [7, 11) is 1.79. The first kappa shape index (κ1) is 32.9. The largest absolute Gasteiger partial charge is 0.473 e. The van der Waals surface area contributed by atoms with Gasteiger partial charge < -0.3 is 19.1 Å². The predicted octanol–water partition coefficient (Wildman–Crippen LogP) is 7.22. The van der Waals surface area contributed by atoms with E-state index < -0.39 is 5.60 Å². The number of benzene rings is 3. The second-order valence-electron chi connectivity index (χ2n) is 13.4. The molecule has 0 amide bonds. The summed E-state index contributed by atoms with van der Waals surface area (Å²) in [5.74, 6) is 1.09. The molecule has 1 fully saturated rings. The number of carbonyl (C=O) groups excluding carboxylic acids is 1. The number of nitrogens with zero attached hydrogens (tertiary/aromatic N) is 4. The summed E-state index contributed by atoms with van der Waals surface area (Å²) in [6, 6.07) is 29.6. The summed E-state index contributed by atoms with van der Waals surface area (Å²) in [5.41, 5.74) is 4.59. The van der Waals surface area contributed by atoms with Crippen LogP contribution in [0.5, 0.6) is 11.8 Å². The Morgan fingerprint density at radius 3 is 2.12 bits per heavy atom. The van der Waals surface area contributed by atoms with E-state index in [1.54, 1.807) is 22.2 Å². The number of ether oxygens (including phenoxy) is 3. The Labute approximate surface area is 281 Å². The number of aryl methyl sites for hydroxylation is 1. The van der Waals surface area contributed by atoms with Crippen LogP contribution >= 0.6 is 0 Å². The summed E-state index contributed by atoms with van der Waals surface area (Å²) in [5, 5.41) is 0. The molecule has 0 atom stereocenters. The van der Waals surface area contributed by atoms with Crippen LogP contribution in [0.4, 0.5) is 5.69 Å². The molecule has 0 unspecified atom stereocenters. The van der Waals surface area contributed by atoms with E-state index in [1.807, 2.05) is 93.6 Å². The highest BCUT2D eigenvalue weighted by molar-refractivity contribution is 5.82. The Bertz CT molecular complexity index is 1900. The minimum atomic E-state index is -0.453. The number of pyridine rings is 1. The number of carbonyl (C=O) groups is 1. The zero-order valence-corrected chi connectivity index (χ0v) is 28.2. The third-order valence-corrected chi connectivity index (χ3v) is 8.70. The molecule has 6 rings (SSSR count). The van der Waals surface area contributed by atoms with Gasteiger partial charge in [-0.1, -0.05) is 60.7 Å². The van der Waals surface area contributed by atoms with Gasteiger partial charge in [0.2, 0.25) is 11.8 Å². The molecule has 0 N–H and O–H groups in total. The maximum atomic E-state index is 13.8. The van der Waals surface area contributed by atoms with E-state index in [9.17, 15) is 9.59 Å². The Morgan fingerprint density at radius 2 is 1.48 bits per heavy atom. The first-order chi connectivity index (χ1) is 23.1. The molecular weight excluding hydrogens is 604 g/mol. The normalized spacial score (nSPS) is 13.9.